The van der Waals surface area contributed by atoms with Crippen molar-refractivity contribution in [3.05, 3.63) is 48.6 Å². The minimum Gasteiger partial charge on any atom is -0.462 e. The Labute approximate surface area is 352 Å². The summed E-state index contributed by atoms with van der Waals surface area (Å²) in [6, 6.07) is 0. The lowest BCUT2D eigenvalue weighted by atomic mass is 10.1. The van der Waals surface area contributed by atoms with Crippen molar-refractivity contribution in [1.29, 1.82) is 0 Å². The molecule has 0 saturated carbocycles. The van der Waals surface area contributed by atoms with Gasteiger partial charge in [-0.05, 0) is 64.2 Å². The van der Waals surface area contributed by atoms with Crippen molar-refractivity contribution in [2.45, 2.75) is 245 Å². The summed E-state index contributed by atoms with van der Waals surface area (Å²) < 4.78 is 16.7. The molecule has 0 aromatic rings. The normalized spacial score (nSPS) is 12.4. The van der Waals surface area contributed by atoms with Crippen LogP contribution in [0, 0.1) is 0 Å². The molecule has 0 aliphatic carbocycles. The molecule has 0 aliphatic heterocycles. The van der Waals surface area contributed by atoms with Gasteiger partial charge in [0.1, 0.15) is 13.2 Å². The number of allylic oxidation sites excluding steroid dienone is 8. The van der Waals surface area contributed by atoms with Gasteiger partial charge in [-0.2, -0.15) is 0 Å². The van der Waals surface area contributed by atoms with E-state index in [1.54, 1.807) is 0 Å². The fraction of sp³-hybridized carbons (Fsp3) is 0.784. The molecule has 0 radical (unpaired) electrons. The van der Waals surface area contributed by atoms with Crippen molar-refractivity contribution >= 4 is 17.9 Å². The third-order valence-corrected chi connectivity index (χ3v) is 10.3. The van der Waals surface area contributed by atoms with Gasteiger partial charge in [0.15, 0.2) is 6.10 Å². The fourth-order valence-corrected chi connectivity index (χ4v) is 6.66. The predicted octanol–water partition coefficient (Wildman–Crippen LogP) is 15.5. The number of hydrogen-bond donors (Lipinski definition) is 0. The Balaban J connectivity index is 4.36. The van der Waals surface area contributed by atoms with Gasteiger partial charge >= 0.3 is 17.9 Å². The monoisotopic (exact) mass is 799 g/mol. The molecule has 0 fully saturated rings. The molecular weight excluding hydrogens is 709 g/mol. The standard InChI is InChI=1S/C51H90O6/c1-4-7-10-13-16-19-21-22-23-24-25-26-27-28-30-32-35-38-41-44-50(53)56-47-48(46-55-49(52)43-40-37-34-31-18-15-12-9-6-3)57-51(54)45-42-39-36-33-29-20-17-14-11-8-5-2/h16,19,22-23,25-26,28,30,48H,4-15,17-18,20-21,24,27,29,31-47H2,1-3H3/b19-16-,23-22-,26-25-,30-28-/t48-/m1/s1. The van der Waals surface area contributed by atoms with Crippen molar-refractivity contribution in [3.8, 4) is 0 Å². The van der Waals surface area contributed by atoms with Gasteiger partial charge in [-0.15, -0.1) is 0 Å². The van der Waals surface area contributed by atoms with Crippen molar-refractivity contribution in [3.63, 3.8) is 0 Å². The highest BCUT2D eigenvalue weighted by Gasteiger charge is 2.19. The van der Waals surface area contributed by atoms with Crippen LogP contribution < -0.4 is 0 Å². The molecule has 0 spiro atoms. The first-order valence-corrected chi connectivity index (χ1v) is 24.1. The van der Waals surface area contributed by atoms with Crippen LogP contribution in [0.3, 0.4) is 0 Å². The second-order valence-corrected chi connectivity index (χ2v) is 16.0. The maximum atomic E-state index is 12.7. The largest absolute Gasteiger partial charge is 0.462 e. The molecule has 6 heteroatoms. The van der Waals surface area contributed by atoms with Crippen molar-refractivity contribution < 1.29 is 28.6 Å². The first kappa shape index (κ1) is 54.4. The summed E-state index contributed by atoms with van der Waals surface area (Å²) in [5.74, 6) is -0.913. The summed E-state index contributed by atoms with van der Waals surface area (Å²) in [4.78, 5) is 37.7. The van der Waals surface area contributed by atoms with Crippen molar-refractivity contribution in [1.82, 2.24) is 0 Å². The van der Waals surface area contributed by atoms with Gasteiger partial charge in [0, 0.05) is 19.3 Å². The molecule has 0 aromatic carbocycles. The molecule has 0 amide bonds. The Bertz CT molecular complexity index is 1010. The molecule has 330 valence electrons. The predicted molar refractivity (Wildman–Crippen MR) is 242 cm³/mol. The summed E-state index contributed by atoms with van der Waals surface area (Å²) in [7, 11) is 0. The molecule has 0 aliphatic rings. The first-order chi connectivity index (χ1) is 28.0. The average Bonchev–Trinajstić information content (AvgIpc) is 3.21. The van der Waals surface area contributed by atoms with Crippen LogP contribution in [0.25, 0.3) is 0 Å². The maximum Gasteiger partial charge on any atom is 0.306 e. The van der Waals surface area contributed by atoms with Crippen LogP contribution in [-0.2, 0) is 28.6 Å². The van der Waals surface area contributed by atoms with E-state index in [-0.39, 0.29) is 31.1 Å². The molecule has 6 nitrogen and oxygen atoms in total. The Morgan fingerprint density at radius 2 is 0.632 bits per heavy atom. The van der Waals surface area contributed by atoms with Gasteiger partial charge in [0.05, 0.1) is 0 Å². The highest BCUT2D eigenvalue weighted by molar-refractivity contribution is 5.71. The quantitative estimate of drug-likeness (QED) is 0.0265. The SMILES string of the molecule is CCCCC/C=C\C/C=C\C/C=C\C/C=C\CCCCCC(=O)OC[C@@H](COC(=O)CCCCCCCCCCC)OC(=O)CCCCCCCCCCCCC. The molecule has 1 atom stereocenters. The Morgan fingerprint density at radius 1 is 0.351 bits per heavy atom. The second-order valence-electron chi connectivity index (χ2n) is 16.0. The fourth-order valence-electron chi connectivity index (χ4n) is 6.66. The molecule has 0 heterocycles. The van der Waals surface area contributed by atoms with E-state index in [9.17, 15) is 14.4 Å². The molecule has 57 heavy (non-hydrogen) atoms. The number of carbonyl (C=O) groups is 3. The molecule has 0 bridgehead atoms. The van der Waals surface area contributed by atoms with E-state index < -0.39 is 6.10 Å². The van der Waals surface area contributed by atoms with E-state index >= 15 is 0 Å². The average molecular weight is 799 g/mol. The topological polar surface area (TPSA) is 78.9 Å². The lowest BCUT2D eigenvalue weighted by Crippen LogP contribution is -2.30. The van der Waals surface area contributed by atoms with Gasteiger partial charge in [-0.1, -0.05) is 204 Å². The highest BCUT2D eigenvalue weighted by atomic mass is 16.6. The van der Waals surface area contributed by atoms with Gasteiger partial charge in [-0.3, -0.25) is 14.4 Å². The zero-order chi connectivity index (χ0) is 41.5. The smallest absolute Gasteiger partial charge is 0.306 e. The summed E-state index contributed by atoms with van der Waals surface area (Å²) in [6.45, 7) is 6.55. The molecule has 0 rings (SSSR count). The summed E-state index contributed by atoms with van der Waals surface area (Å²) in [5.41, 5.74) is 0. The van der Waals surface area contributed by atoms with Crippen LogP contribution in [-0.4, -0.2) is 37.2 Å². The molecular formula is C51H90O6. The number of ether oxygens (including phenoxy) is 3. The lowest BCUT2D eigenvalue weighted by Gasteiger charge is -2.18. The molecule has 0 aromatic heterocycles. The number of hydrogen-bond acceptors (Lipinski definition) is 6. The van der Waals surface area contributed by atoms with Crippen LogP contribution in [0.15, 0.2) is 48.6 Å². The lowest BCUT2D eigenvalue weighted by molar-refractivity contribution is -0.167. The minimum absolute atomic E-state index is 0.0807. The van der Waals surface area contributed by atoms with E-state index in [0.717, 1.165) is 83.5 Å². The maximum absolute atomic E-state index is 12.7. The van der Waals surface area contributed by atoms with E-state index in [4.69, 9.17) is 14.2 Å². The van der Waals surface area contributed by atoms with E-state index in [0.29, 0.717) is 19.3 Å². The van der Waals surface area contributed by atoms with Gasteiger partial charge in [-0.25, -0.2) is 0 Å². The van der Waals surface area contributed by atoms with Crippen LogP contribution in [0.1, 0.15) is 239 Å². The summed E-state index contributed by atoms with van der Waals surface area (Å²) >= 11 is 0. The van der Waals surface area contributed by atoms with Crippen molar-refractivity contribution in [2.24, 2.45) is 0 Å². The van der Waals surface area contributed by atoms with E-state index in [2.05, 4.69) is 69.4 Å². The molecule has 0 saturated heterocycles. The van der Waals surface area contributed by atoms with Gasteiger partial charge in [0.2, 0.25) is 0 Å². The van der Waals surface area contributed by atoms with Gasteiger partial charge < -0.3 is 14.2 Å². The Hall–Kier alpha value is -2.63. The van der Waals surface area contributed by atoms with Gasteiger partial charge in [0.25, 0.3) is 0 Å². The van der Waals surface area contributed by atoms with Crippen LogP contribution in [0.2, 0.25) is 0 Å². The van der Waals surface area contributed by atoms with Crippen LogP contribution in [0.5, 0.6) is 0 Å². The second kappa shape index (κ2) is 46.1. The zero-order valence-corrected chi connectivity index (χ0v) is 37.6. The highest BCUT2D eigenvalue weighted by Crippen LogP contribution is 2.14. The van der Waals surface area contributed by atoms with E-state index in [1.807, 2.05) is 0 Å². The number of rotatable bonds is 43. The zero-order valence-electron chi connectivity index (χ0n) is 37.6. The minimum atomic E-state index is -0.779. The number of esters is 3. The third-order valence-electron chi connectivity index (χ3n) is 10.3. The first-order valence-electron chi connectivity index (χ1n) is 24.1. The van der Waals surface area contributed by atoms with Crippen LogP contribution in [0.4, 0.5) is 0 Å². The number of unbranched alkanes of at least 4 members (excludes halogenated alkanes) is 24. The third kappa shape index (κ3) is 44.3. The van der Waals surface area contributed by atoms with Crippen LogP contribution >= 0.6 is 0 Å². The summed E-state index contributed by atoms with van der Waals surface area (Å²) in [6.07, 6.45) is 53.8. The van der Waals surface area contributed by atoms with Crippen molar-refractivity contribution in [2.75, 3.05) is 13.2 Å². The Kier molecular flexibility index (Phi) is 43.9. The molecule has 0 unspecified atom stereocenters. The number of carbonyl (C=O) groups excluding carboxylic acids is 3. The Morgan fingerprint density at radius 3 is 1.02 bits per heavy atom. The molecule has 0 N–H and O–H groups in total. The summed E-state index contributed by atoms with van der Waals surface area (Å²) in [5, 5.41) is 0. The van der Waals surface area contributed by atoms with E-state index in [1.165, 1.54) is 116 Å².